The summed E-state index contributed by atoms with van der Waals surface area (Å²) < 4.78 is 0. The Morgan fingerprint density at radius 2 is 2.07 bits per heavy atom. The van der Waals surface area contributed by atoms with Gasteiger partial charge in [-0.2, -0.15) is 0 Å². The van der Waals surface area contributed by atoms with Crippen LogP contribution in [0.25, 0.3) is 0 Å². The molecular weight excluding hydrogens is 206 g/mol. The molecule has 0 aromatic heterocycles. The van der Waals surface area contributed by atoms with Gasteiger partial charge in [0.25, 0.3) is 0 Å². The van der Waals surface area contributed by atoms with E-state index >= 15 is 0 Å². The van der Waals surface area contributed by atoms with E-state index in [1.54, 1.807) is 0 Å². The molecule has 1 N–H and O–H groups in total. The van der Waals surface area contributed by atoms with Crippen LogP contribution in [0.3, 0.4) is 0 Å². The Hall–Kier alpha value is 0.250. The van der Waals surface area contributed by atoms with Crippen molar-refractivity contribution in [2.24, 2.45) is 11.8 Å². The van der Waals surface area contributed by atoms with Gasteiger partial charge in [0.1, 0.15) is 0 Å². The van der Waals surface area contributed by atoms with E-state index in [1.807, 2.05) is 0 Å². The Bertz CT molecular complexity index is 203. The highest BCUT2D eigenvalue weighted by atomic mass is 35.5. The molecule has 2 atom stereocenters. The standard InChI is InChI=1S/C13H24ClN/c1-11-4-3-7-13(8-11,10-14)15-9-12-5-2-6-12/h11-12,15H,2-10H2,1H3. The van der Waals surface area contributed by atoms with Crippen LogP contribution in [0.2, 0.25) is 0 Å². The van der Waals surface area contributed by atoms with Crippen LogP contribution in [-0.4, -0.2) is 18.0 Å². The molecule has 2 aliphatic carbocycles. The van der Waals surface area contributed by atoms with Crippen LogP contribution in [0.5, 0.6) is 0 Å². The smallest absolute Gasteiger partial charge is 0.0406 e. The van der Waals surface area contributed by atoms with Gasteiger partial charge in [-0.3, -0.25) is 0 Å². The molecule has 0 heterocycles. The molecule has 2 saturated carbocycles. The van der Waals surface area contributed by atoms with E-state index in [0.29, 0.717) is 0 Å². The van der Waals surface area contributed by atoms with Crippen LogP contribution in [0.1, 0.15) is 51.9 Å². The molecule has 0 bridgehead atoms. The molecule has 0 aromatic carbocycles. The summed E-state index contributed by atoms with van der Waals surface area (Å²) in [6.07, 6.45) is 9.62. The number of hydrogen-bond donors (Lipinski definition) is 1. The quantitative estimate of drug-likeness (QED) is 0.727. The highest BCUT2D eigenvalue weighted by Crippen LogP contribution is 2.34. The molecule has 0 aliphatic heterocycles. The van der Waals surface area contributed by atoms with E-state index < -0.39 is 0 Å². The third kappa shape index (κ3) is 2.88. The maximum absolute atomic E-state index is 6.18. The third-order valence-electron chi connectivity index (χ3n) is 4.34. The van der Waals surface area contributed by atoms with E-state index in [0.717, 1.165) is 17.7 Å². The van der Waals surface area contributed by atoms with Gasteiger partial charge in [-0.25, -0.2) is 0 Å². The zero-order valence-corrected chi connectivity index (χ0v) is 10.7. The zero-order valence-electron chi connectivity index (χ0n) is 9.90. The summed E-state index contributed by atoms with van der Waals surface area (Å²) in [7, 11) is 0. The summed E-state index contributed by atoms with van der Waals surface area (Å²) in [5.41, 5.74) is 0.273. The number of halogens is 1. The SMILES string of the molecule is CC1CCCC(CCl)(NCC2CCC2)C1. The number of nitrogens with one attached hydrogen (secondary N) is 1. The van der Waals surface area contributed by atoms with Gasteiger partial charge in [-0.1, -0.05) is 26.2 Å². The van der Waals surface area contributed by atoms with Gasteiger partial charge in [-0.05, 0) is 44.1 Å². The molecule has 1 nitrogen and oxygen atoms in total. The molecule has 2 rings (SSSR count). The Morgan fingerprint density at radius 1 is 1.27 bits per heavy atom. The van der Waals surface area contributed by atoms with Gasteiger partial charge in [0, 0.05) is 11.4 Å². The first-order chi connectivity index (χ1) is 7.24. The van der Waals surface area contributed by atoms with E-state index in [4.69, 9.17) is 11.6 Å². The lowest BCUT2D eigenvalue weighted by Gasteiger charge is -2.41. The lowest BCUT2D eigenvalue weighted by Crippen LogP contribution is -2.52. The van der Waals surface area contributed by atoms with Crippen LogP contribution < -0.4 is 5.32 Å². The van der Waals surface area contributed by atoms with Crippen molar-refractivity contribution in [1.82, 2.24) is 5.32 Å². The number of alkyl halides is 1. The second kappa shape index (κ2) is 5.05. The molecule has 15 heavy (non-hydrogen) atoms. The number of hydrogen-bond acceptors (Lipinski definition) is 1. The molecule has 0 saturated heterocycles. The fraction of sp³-hybridized carbons (Fsp3) is 1.00. The van der Waals surface area contributed by atoms with Crippen molar-refractivity contribution in [3.63, 3.8) is 0 Å². The first kappa shape index (κ1) is 11.7. The van der Waals surface area contributed by atoms with Gasteiger partial charge < -0.3 is 5.32 Å². The predicted octanol–water partition coefficient (Wildman–Crippen LogP) is 3.56. The van der Waals surface area contributed by atoms with Crippen molar-refractivity contribution < 1.29 is 0 Å². The van der Waals surface area contributed by atoms with Crippen LogP contribution in [0.4, 0.5) is 0 Å². The van der Waals surface area contributed by atoms with Crippen LogP contribution in [0, 0.1) is 11.8 Å². The lowest BCUT2D eigenvalue weighted by molar-refractivity contribution is 0.182. The van der Waals surface area contributed by atoms with Gasteiger partial charge in [0.2, 0.25) is 0 Å². The second-order valence-electron chi connectivity index (χ2n) is 5.79. The summed E-state index contributed by atoms with van der Waals surface area (Å²) in [5, 5.41) is 3.79. The summed E-state index contributed by atoms with van der Waals surface area (Å²) in [6.45, 7) is 3.57. The molecule has 88 valence electrons. The highest BCUT2D eigenvalue weighted by molar-refractivity contribution is 6.18. The molecule has 0 radical (unpaired) electrons. The lowest BCUT2D eigenvalue weighted by atomic mass is 9.76. The second-order valence-corrected chi connectivity index (χ2v) is 6.06. The van der Waals surface area contributed by atoms with Crippen LogP contribution in [-0.2, 0) is 0 Å². The van der Waals surface area contributed by atoms with Crippen molar-refractivity contribution in [3.8, 4) is 0 Å². The maximum atomic E-state index is 6.18. The molecular formula is C13H24ClN. The van der Waals surface area contributed by atoms with Gasteiger partial charge in [0.15, 0.2) is 0 Å². The average Bonchev–Trinajstić information content (AvgIpc) is 2.15. The van der Waals surface area contributed by atoms with E-state index in [9.17, 15) is 0 Å². The third-order valence-corrected chi connectivity index (χ3v) is 4.85. The maximum Gasteiger partial charge on any atom is 0.0406 e. The van der Waals surface area contributed by atoms with Gasteiger partial charge in [-0.15, -0.1) is 11.6 Å². The first-order valence-corrected chi connectivity index (χ1v) is 7.08. The largest absolute Gasteiger partial charge is 0.310 e. The van der Waals surface area contributed by atoms with Gasteiger partial charge in [0.05, 0.1) is 0 Å². The Labute approximate surface area is 99.0 Å². The van der Waals surface area contributed by atoms with E-state index in [2.05, 4.69) is 12.2 Å². The first-order valence-electron chi connectivity index (χ1n) is 6.55. The van der Waals surface area contributed by atoms with Crippen molar-refractivity contribution >= 4 is 11.6 Å². The summed E-state index contributed by atoms with van der Waals surface area (Å²) in [4.78, 5) is 0. The topological polar surface area (TPSA) is 12.0 Å². The zero-order chi connectivity index (χ0) is 10.7. The average molecular weight is 230 g/mol. The summed E-state index contributed by atoms with van der Waals surface area (Å²) in [5.74, 6) is 2.60. The fourth-order valence-corrected chi connectivity index (χ4v) is 3.38. The molecule has 2 aliphatic rings. The van der Waals surface area contributed by atoms with Crippen LogP contribution >= 0.6 is 11.6 Å². The summed E-state index contributed by atoms with van der Waals surface area (Å²) >= 11 is 6.18. The van der Waals surface area contributed by atoms with E-state index in [1.165, 1.54) is 51.5 Å². The Balaban J connectivity index is 1.82. The van der Waals surface area contributed by atoms with Crippen molar-refractivity contribution in [1.29, 1.82) is 0 Å². The van der Waals surface area contributed by atoms with Crippen molar-refractivity contribution in [2.75, 3.05) is 12.4 Å². The van der Waals surface area contributed by atoms with Crippen molar-refractivity contribution in [3.05, 3.63) is 0 Å². The molecule has 2 unspecified atom stereocenters. The normalized spacial score (nSPS) is 37.6. The Kier molecular flexibility index (Phi) is 3.95. The molecule has 0 amide bonds. The monoisotopic (exact) mass is 229 g/mol. The molecule has 2 fully saturated rings. The summed E-state index contributed by atoms with van der Waals surface area (Å²) in [6, 6.07) is 0. The minimum absolute atomic E-state index is 0.273. The minimum Gasteiger partial charge on any atom is -0.310 e. The molecule has 0 aromatic rings. The predicted molar refractivity (Wildman–Crippen MR) is 66.4 cm³/mol. The fourth-order valence-electron chi connectivity index (χ4n) is 3.05. The molecule has 2 heteroatoms. The van der Waals surface area contributed by atoms with Crippen molar-refractivity contribution in [2.45, 2.75) is 57.4 Å². The van der Waals surface area contributed by atoms with Crippen LogP contribution in [0.15, 0.2) is 0 Å². The van der Waals surface area contributed by atoms with Gasteiger partial charge >= 0.3 is 0 Å². The Morgan fingerprint density at radius 3 is 2.60 bits per heavy atom. The highest BCUT2D eigenvalue weighted by Gasteiger charge is 2.34. The van der Waals surface area contributed by atoms with E-state index in [-0.39, 0.29) is 5.54 Å². The number of rotatable bonds is 4. The molecule has 0 spiro atoms. The minimum atomic E-state index is 0.273.